The number of aromatic carboxylic acids is 1. The van der Waals surface area contributed by atoms with Crippen molar-refractivity contribution in [1.29, 1.82) is 0 Å². The lowest BCUT2D eigenvalue weighted by Gasteiger charge is -2.03. The molecule has 0 fully saturated rings. The van der Waals surface area contributed by atoms with E-state index < -0.39 is 5.97 Å². The summed E-state index contributed by atoms with van der Waals surface area (Å²) in [5.74, 6) is -1.06. The molecule has 0 saturated heterocycles. The summed E-state index contributed by atoms with van der Waals surface area (Å²) in [6, 6.07) is 5.20. The monoisotopic (exact) mass is 333 g/mol. The summed E-state index contributed by atoms with van der Waals surface area (Å²) in [7, 11) is 0. The van der Waals surface area contributed by atoms with E-state index in [1.54, 1.807) is 18.3 Å². The zero-order valence-electron chi connectivity index (χ0n) is 7.37. The average molecular weight is 334 g/mol. The minimum absolute atomic E-state index is 0.0607. The van der Waals surface area contributed by atoms with E-state index >= 15 is 0 Å². The number of nitrogens with zero attached hydrogens (tertiary/aromatic N) is 1. The molecule has 0 amide bonds. The Morgan fingerprint density at radius 3 is 2.87 bits per heavy atom. The van der Waals surface area contributed by atoms with Crippen molar-refractivity contribution in [2.45, 2.75) is 0 Å². The molecule has 0 aliphatic rings. The van der Waals surface area contributed by atoms with Crippen molar-refractivity contribution in [3.8, 4) is 0 Å². The van der Waals surface area contributed by atoms with Crippen LogP contribution in [-0.4, -0.2) is 16.1 Å². The number of halogens is 2. The van der Waals surface area contributed by atoms with Crippen LogP contribution in [0.1, 0.15) is 10.4 Å². The van der Waals surface area contributed by atoms with E-state index in [1.807, 2.05) is 6.07 Å². The molecule has 0 aliphatic carbocycles. The van der Waals surface area contributed by atoms with Crippen molar-refractivity contribution in [2.75, 3.05) is 0 Å². The Morgan fingerprint density at radius 2 is 2.20 bits per heavy atom. The third-order valence-electron chi connectivity index (χ3n) is 1.98. The van der Waals surface area contributed by atoms with Crippen LogP contribution in [0.2, 0.25) is 5.02 Å². The number of pyridine rings is 1. The third-order valence-corrected chi connectivity index (χ3v) is 2.89. The number of carbonyl (C=O) groups is 1. The van der Waals surface area contributed by atoms with Crippen LogP contribution in [0.25, 0.3) is 10.9 Å². The van der Waals surface area contributed by atoms with Gasteiger partial charge in [0.1, 0.15) is 5.56 Å². The number of rotatable bonds is 1. The first-order valence-electron chi connectivity index (χ1n) is 4.06. The molecule has 1 N–H and O–H groups in total. The highest BCUT2D eigenvalue weighted by molar-refractivity contribution is 14.1. The number of aromatic nitrogens is 1. The minimum atomic E-state index is -1.06. The maximum Gasteiger partial charge on any atom is 0.339 e. The van der Waals surface area contributed by atoms with E-state index in [9.17, 15) is 4.79 Å². The Labute approximate surface area is 104 Å². The zero-order chi connectivity index (χ0) is 11.0. The summed E-state index contributed by atoms with van der Waals surface area (Å²) in [4.78, 5) is 15.1. The smallest absolute Gasteiger partial charge is 0.339 e. The summed E-state index contributed by atoms with van der Waals surface area (Å²) >= 11 is 7.94. The van der Waals surface area contributed by atoms with Crippen molar-refractivity contribution in [3.05, 3.63) is 38.6 Å². The van der Waals surface area contributed by atoms with E-state index in [-0.39, 0.29) is 10.6 Å². The third kappa shape index (κ3) is 1.91. The van der Waals surface area contributed by atoms with Crippen molar-refractivity contribution in [3.63, 3.8) is 0 Å². The van der Waals surface area contributed by atoms with Crippen LogP contribution in [0.3, 0.4) is 0 Å². The van der Waals surface area contributed by atoms with Crippen molar-refractivity contribution >= 4 is 51.1 Å². The normalized spacial score (nSPS) is 10.5. The second-order valence-corrected chi connectivity index (χ2v) is 4.61. The van der Waals surface area contributed by atoms with E-state index in [0.717, 1.165) is 8.96 Å². The molecule has 2 rings (SSSR count). The van der Waals surface area contributed by atoms with Gasteiger partial charge in [-0.05, 0) is 34.7 Å². The second kappa shape index (κ2) is 3.94. The fourth-order valence-corrected chi connectivity index (χ4v) is 2.06. The molecular formula is C10H5ClINO2. The molecule has 3 nitrogen and oxygen atoms in total. The van der Waals surface area contributed by atoms with Crippen molar-refractivity contribution in [2.24, 2.45) is 0 Å². The topological polar surface area (TPSA) is 50.2 Å². The van der Waals surface area contributed by atoms with Gasteiger partial charge < -0.3 is 5.11 Å². The Morgan fingerprint density at radius 1 is 1.47 bits per heavy atom. The van der Waals surface area contributed by atoms with Gasteiger partial charge in [0.15, 0.2) is 0 Å². The fourth-order valence-electron chi connectivity index (χ4n) is 1.35. The van der Waals surface area contributed by atoms with Crippen LogP contribution in [-0.2, 0) is 0 Å². The van der Waals surface area contributed by atoms with Gasteiger partial charge in [0.25, 0.3) is 0 Å². The molecule has 0 atom stereocenters. The summed E-state index contributed by atoms with van der Waals surface area (Å²) in [5, 5.41) is 10.00. The summed E-state index contributed by atoms with van der Waals surface area (Å²) in [6.07, 6.45) is 1.62. The SMILES string of the molecule is O=C(O)c1c(Cl)ccc2cc(I)cnc12. The summed E-state index contributed by atoms with van der Waals surface area (Å²) in [5.41, 5.74) is 0.487. The van der Waals surface area contributed by atoms with Crippen LogP contribution in [0.15, 0.2) is 24.4 Å². The molecule has 1 aromatic carbocycles. The van der Waals surface area contributed by atoms with Crippen LogP contribution >= 0.6 is 34.2 Å². The molecule has 1 heterocycles. The Kier molecular flexibility index (Phi) is 2.79. The molecule has 0 unspecified atom stereocenters. The maximum atomic E-state index is 11.0. The minimum Gasteiger partial charge on any atom is -0.478 e. The lowest BCUT2D eigenvalue weighted by atomic mass is 10.1. The van der Waals surface area contributed by atoms with E-state index in [0.29, 0.717) is 5.52 Å². The van der Waals surface area contributed by atoms with Gasteiger partial charge in [-0.3, -0.25) is 4.98 Å². The first kappa shape index (κ1) is 10.6. The predicted molar refractivity (Wildman–Crippen MR) is 66.4 cm³/mol. The zero-order valence-corrected chi connectivity index (χ0v) is 10.3. The maximum absolute atomic E-state index is 11.0. The molecule has 0 spiro atoms. The molecule has 0 saturated carbocycles. The van der Waals surface area contributed by atoms with Gasteiger partial charge in [0.2, 0.25) is 0 Å². The van der Waals surface area contributed by atoms with E-state index in [1.165, 1.54) is 0 Å². The quantitative estimate of drug-likeness (QED) is 0.816. The molecule has 1 aromatic heterocycles. The molecule has 76 valence electrons. The number of hydrogen-bond acceptors (Lipinski definition) is 2. The number of hydrogen-bond donors (Lipinski definition) is 1. The van der Waals surface area contributed by atoms with Gasteiger partial charge in [-0.25, -0.2) is 4.79 Å². The van der Waals surface area contributed by atoms with Gasteiger partial charge in [-0.1, -0.05) is 17.7 Å². The molecular weight excluding hydrogens is 328 g/mol. The Bertz CT molecular complexity index is 556. The molecule has 15 heavy (non-hydrogen) atoms. The van der Waals surface area contributed by atoms with Crippen LogP contribution in [0, 0.1) is 3.57 Å². The number of benzene rings is 1. The molecule has 0 aliphatic heterocycles. The van der Waals surface area contributed by atoms with Gasteiger partial charge >= 0.3 is 5.97 Å². The highest BCUT2D eigenvalue weighted by Gasteiger charge is 2.14. The number of fused-ring (bicyclic) bond motifs is 1. The van der Waals surface area contributed by atoms with Crippen LogP contribution in [0.5, 0.6) is 0 Å². The molecule has 2 aromatic rings. The van der Waals surface area contributed by atoms with Crippen LogP contribution in [0.4, 0.5) is 0 Å². The lowest BCUT2D eigenvalue weighted by Crippen LogP contribution is -2.00. The second-order valence-electron chi connectivity index (χ2n) is 2.95. The summed E-state index contributed by atoms with van der Waals surface area (Å²) < 4.78 is 0.957. The Hall–Kier alpha value is -0.880. The van der Waals surface area contributed by atoms with Crippen LogP contribution < -0.4 is 0 Å². The molecule has 5 heteroatoms. The van der Waals surface area contributed by atoms with Gasteiger partial charge in [-0.15, -0.1) is 0 Å². The largest absolute Gasteiger partial charge is 0.478 e. The lowest BCUT2D eigenvalue weighted by molar-refractivity contribution is 0.0699. The number of carboxylic acids is 1. The first-order chi connectivity index (χ1) is 7.09. The van der Waals surface area contributed by atoms with Crippen molar-refractivity contribution < 1.29 is 9.90 Å². The van der Waals surface area contributed by atoms with Gasteiger partial charge in [0.05, 0.1) is 10.5 Å². The highest BCUT2D eigenvalue weighted by atomic mass is 127. The van der Waals surface area contributed by atoms with Gasteiger partial charge in [-0.2, -0.15) is 0 Å². The van der Waals surface area contributed by atoms with E-state index in [2.05, 4.69) is 27.6 Å². The predicted octanol–water partition coefficient (Wildman–Crippen LogP) is 3.19. The van der Waals surface area contributed by atoms with Crippen molar-refractivity contribution in [1.82, 2.24) is 4.98 Å². The molecule has 0 bridgehead atoms. The fraction of sp³-hybridized carbons (Fsp3) is 0. The average Bonchev–Trinajstić information content (AvgIpc) is 2.17. The Balaban J connectivity index is 2.88. The summed E-state index contributed by atoms with van der Waals surface area (Å²) in [6.45, 7) is 0. The first-order valence-corrected chi connectivity index (χ1v) is 5.52. The standard InChI is InChI=1S/C10H5ClINO2/c11-7-2-1-5-3-6(12)4-13-9(5)8(7)10(14)15/h1-4H,(H,14,15). The van der Waals surface area contributed by atoms with Gasteiger partial charge in [0, 0.05) is 15.2 Å². The highest BCUT2D eigenvalue weighted by Crippen LogP contribution is 2.25. The number of carboxylic acid groups (broad SMARTS) is 1. The molecule has 0 radical (unpaired) electrons. The van der Waals surface area contributed by atoms with E-state index in [4.69, 9.17) is 16.7 Å².